The van der Waals surface area contributed by atoms with Crippen molar-refractivity contribution in [2.24, 2.45) is 5.92 Å². The summed E-state index contributed by atoms with van der Waals surface area (Å²) in [4.78, 5) is 0. The molecule has 0 radical (unpaired) electrons. The zero-order chi connectivity index (χ0) is 16.1. The van der Waals surface area contributed by atoms with Crippen LogP contribution in [0.2, 0.25) is 0 Å². The van der Waals surface area contributed by atoms with Crippen molar-refractivity contribution < 1.29 is 14.2 Å². The average Bonchev–Trinajstić information content (AvgIpc) is 3.45. The van der Waals surface area contributed by atoms with E-state index in [1.54, 1.807) is 14.2 Å². The molecule has 0 aliphatic heterocycles. The molecule has 1 saturated carbocycles. The first-order valence-corrected chi connectivity index (χ1v) is 8.10. The molecule has 2 aliphatic rings. The Bertz CT molecular complexity index is 680. The van der Waals surface area contributed by atoms with Gasteiger partial charge >= 0.3 is 0 Å². The number of methoxy groups -OCH3 is 3. The van der Waals surface area contributed by atoms with E-state index in [0.29, 0.717) is 5.92 Å². The Labute approximate surface area is 137 Å². The zero-order valence-electron chi connectivity index (χ0n) is 13.8. The van der Waals surface area contributed by atoms with Crippen molar-refractivity contribution in [1.82, 2.24) is 0 Å². The summed E-state index contributed by atoms with van der Waals surface area (Å²) < 4.78 is 18.1. The van der Waals surface area contributed by atoms with Gasteiger partial charge in [-0.15, -0.1) is 0 Å². The molecular weight excluding hydrogens is 288 g/mol. The molecule has 0 unspecified atom stereocenters. The molecule has 120 valence electrons. The summed E-state index contributed by atoms with van der Waals surface area (Å²) in [7, 11) is 5.22. The van der Waals surface area contributed by atoms with Gasteiger partial charge in [0.1, 0.15) is 5.60 Å². The van der Waals surface area contributed by atoms with E-state index in [0.717, 1.165) is 22.3 Å². The lowest BCUT2D eigenvalue weighted by Crippen LogP contribution is -2.47. The number of rotatable bonds is 4. The molecule has 3 heteroatoms. The molecule has 0 spiro atoms. The summed E-state index contributed by atoms with van der Waals surface area (Å²) in [5.41, 5.74) is 3.99. The zero-order valence-corrected chi connectivity index (χ0v) is 13.8. The van der Waals surface area contributed by atoms with Gasteiger partial charge in [0, 0.05) is 32.5 Å². The van der Waals surface area contributed by atoms with Gasteiger partial charge in [-0.2, -0.15) is 0 Å². The van der Waals surface area contributed by atoms with Crippen LogP contribution in [0, 0.1) is 5.92 Å². The molecule has 4 rings (SSSR count). The van der Waals surface area contributed by atoms with E-state index in [-0.39, 0.29) is 0 Å². The van der Waals surface area contributed by atoms with E-state index in [1.807, 2.05) is 19.2 Å². The summed E-state index contributed by atoms with van der Waals surface area (Å²) in [6.45, 7) is 0. The van der Waals surface area contributed by atoms with Gasteiger partial charge in [-0.05, 0) is 29.9 Å². The largest absolute Gasteiger partial charge is 0.368 e. The van der Waals surface area contributed by atoms with Crippen LogP contribution in [-0.2, 0) is 25.6 Å². The highest BCUT2D eigenvalue weighted by Crippen LogP contribution is 2.59. The minimum atomic E-state index is -0.885. The third-order valence-electron chi connectivity index (χ3n) is 5.41. The molecular formula is C20H22O3. The van der Waals surface area contributed by atoms with Gasteiger partial charge in [0.15, 0.2) is 0 Å². The highest BCUT2D eigenvalue weighted by molar-refractivity contribution is 5.57. The predicted molar refractivity (Wildman–Crippen MR) is 88.2 cm³/mol. The summed E-state index contributed by atoms with van der Waals surface area (Å²) in [5, 5.41) is 0. The smallest absolute Gasteiger partial charge is 0.222 e. The topological polar surface area (TPSA) is 27.7 Å². The highest BCUT2D eigenvalue weighted by Gasteiger charge is 2.57. The quantitative estimate of drug-likeness (QED) is 0.804. The molecule has 3 nitrogen and oxygen atoms in total. The minimum Gasteiger partial charge on any atom is -0.368 e. The van der Waals surface area contributed by atoms with E-state index in [2.05, 4.69) is 36.4 Å². The second-order valence-corrected chi connectivity index (χ2v) is 6.33. The van der Waals surface area contributed by atoms with Crippen molar-refractivity contribution in [3.63, 3.8) is 0 Å². The second kappa shape index (κ2) is 5.17. The maximum Gasteiger partial charge on any atom is 0.222 e. The van der Waals surface area contributed by atoms with Gasteiger partial charge in [0.2, 0.25) is 5.79 Å². The van der Waals surface area contributed by atoms with Gasteiger partial charge < -0.3 is 14.2 Å². The van der Waals surface area contributed by atoms with Crippen LogP contribution in [0.15, 0.2) is 48.5 Å². The molecule has 2 aromatic rings. The molecule has 0 atom stereocenters. The van der Waals surface area contributed by atoms with E-state index in [4.69, 9.17) is 14.2 Å². The Morgan fingerprint density at radius 1 is 0.696 bits per heavy atom. The lowest BCUT2D eigenvalue weighted by molar-refractivity contribution is -0.191. The predicted octanol–water partition coefficient (Wildman–Crippen LogP) is 3.79. The van der Waals surface area contributed by atoms with E-state index in [1.165, 1.54) is 12.8 Å². The van der Waals surface area contributed by atoms with Crippen LogP contribution in [0.4, 0.5) is 0 Å². The normalized spacial score (nSPS) is 20.7. The van der Waals surface area contributed by atoms with Crippen molar-refractivity contribution in [2.45, 2.75) is 24.2 Å². The number of hydrogen-bond acceptors (Lipinski definition) is 3. The Hall–Kier alpha value is -1.68. The summed E-state index contributed by atoms with van der Waals surface area (Å²) in [6, 6.07) is 16.7. The van der Waals surface area contributed by atoms with E-state index >= 15 is 0 Å². The molecule has 2 aromatic carbocycles. The molecule has 1 fully saturated rings. The molecule has 23 heavy (non-hydrogen) atoms. The SMILES string of the molecule is COC1(OC)c2ccccc2C(OC)(C2CC2)c2ccccc21. The number of hydrogen-bond donors (Lipinski definition) is 0. The Morgan fingerprint density at radius 3 is 1.48 bits per heavy atom. The van der Waals surface area contributed by atoms with Crippen LogP contribution >= 0.6 is 0 Å². The van der Waals surface area contributed by atoms with Crippen molar-refractivity contribution in [3.8, 4) is 0 Å². The second-order valence-electron chi connectivity index (χ2n) is 6.33. The lowest BCUT2D eigenvalue weighted by atomic mass is 9.69. The van der Waals surface area contributed by atoms with Crippen molar-refractivity contribution in [3.05, 3.63) is 70.8 Å². The standard InChI is InChI=1S/C20H22O3/c1-21-19(14-12-13-14)15-8-4-6-10-17(15)20(22-2,23-3)18-11-7-5-9-16(18)19/h4-11,14H,12-13H2,1-3H3. The van der Waals surface area contributed by atoms with Crippen molar-refractivity contribution >= 4 is 0 Å². The van der Waals surface area contributed by atoms with E-state index < -0.39 is 11.4 Å². The van der Waals surface area contributed by atoms with Crippen LogP contribution in [0.1, 0.15) is 35.1 Å². The van der Waals surface area contributed by atoms with Crippen LogP contribution in [0.25, 0.3) is 0 Å². The highest BCUT2D eigenvalue weighted by atomic mass is 16.7. The maximum atomic E-state index is 6.23. The first kappa shape index (κ1) is 14.9. The summed E-state index contributed by atoms with van der Waals surface area (Å²) in [5.74, 6) is -0.383. The molecule has 0 N–H and O–H groups in total. The first-order chi connectivity index (χ1) is 11.2. The molecule has 0 aromatic heterocycles. The summed E-state index contributed by atoms with van der Waals surface area (Å²) >= 11 is 0. The van der Waals surface area contributed by atoms with Gasteiger partial charge in [-0.25, -0.2) is 0 Å². The van der Waals surface area contributed by atoms with Crippen molar-refractivity contribution in [1.29, 1.82) is 0 Å². The number of fused-ring (bicyclic) bond motifs is 2. The van der Waals surface area contributed by atoms with Crippen LogP contribution in [-0.4, -0.2) is 21.3 Å². The molecule has 0 bridgehead atoms. The third kappa shape index (κ3) is 1.76. The molecule has 0 heterocycles. The van der Waals surface area contributed by atoms with Crippen LogP contribution < -0.4 is 0 Å². The first-order valence-electron chi connectivity index (χ1n) is 8.10. The average molecular weight is 310 g/mol. The summed E-state index contributed by atoms with van der Waals surface area (Å²) in [6.07, 6.45) is 2.37. The van der Waals surface area contributed by atoms with Gasteiger partial charge in [0.05, 0.1) is 0 Å². The number of benzene rings is 2. The van der Waals surface area contributed by atoms with Crippen LogP contribution in [0.3, 0.4) is 0 Å². The Kier molecular flexibility index (Phi) is 3.34. The van der Waals surface area contributed by atoms with E-state index in [9.17, 15) is 0 Å². The third-order valence-corrected chi connectivity index (χ3v) is 5.41. The lowest BCUT2D eigenvalue weighted by Gasteiger charge is -2.47. The van der Waals surface area contributed by atoms with Crippen LogP contribution in [0.5, 0.6) is 0 Å². The fourth-order valence-corrected chi connectivity index (χ4v) is 4.32. The molecule has 0 amide bonds. The maximum absolute atomic E-state index is 6.23. The van der Waals surface area contributed by atoms with Gasteiger partial charge in [0.25, 0.3) is 0 Å². The fourth-order valence-electron chi connectivity index (χ4n) is 4.32. The molecule has 0 saturated heterocycles. The molecule has 2 aliphatic carbocycles. The van der Waals surface area contributed by atoms with Gasteiger partial charge in [-0.1, -0.05) is 48.5 Å². The Balaban J connectivity index is 2.11. The monoisotopic (exact) mass is 310 g/mol. The fraction of sp³-hybridized carbons (Fsp3) is 0.400. The van der Waals surface area contributed by atoms with Crippen molar-refractivity contribution in [2.75, 3.05) is 21.3 Å². The minimum absolute atomic E-state index is 0.409. The number of ether oxygens (including phenoxy) is 3. The van der Waals surface area contributed by atoms with Gasteiger partial charge in [-0.3, -0.25) is 0 Å². The Morgan fingerprint density at radius 2 is 1.13 bits per heavy atom.